The maximum absolute atomic E-state index is 11.4. The molecule has 0 atom stereocenters. The van der Waals surface area contributed by atoms with E-state index in [2.05, 4.69) is 65.0 Å². The fraction of sp³-hybridized carbons (Fsp3) is 0.556. The Bertz CT molecular complexity index is 786. The summed E-state index contributed by atoms with van der Waals surface area (Å²) in [6.07, 6.45) is 0. The number of aromatic nitrogens is 4. The number of likely N-dealkylation sites (N-methyl/N-ethyl adjacent to an activating group) is 1. The molecule has 0 N–H and O–H groups in total. The van der Waals surface area contributed by atoms with Gasteiger partial charge in [0.15, 0.2) is 5.82 Å². The van der Waals surface area contributed by atoms with Crippen molar-refractivity contribution in [3.8, 4) is 0 Å². The molecule has 0 aromatic carbocycles. The summed E-state index contributed by atoms with van der Waals surface area (Å²) in [4.78, 5) is 15.9. The van der Waals surface area contributed by atoms with Crippen LogP contribution in [0, 0.1) is 0 Å². The van der Waals surface area contributed by atoms with E-state index in [9.17, 15) is 4.79 Å². The first kappa shape index (κ1) is 17.5. The highest BCUT2D eigenvalue weighted by atomic mass is 16.1. The Morgan fingerprint density at radius 1 is 1.16 bits per heavy atom. The van der Waals surface area contributed by atoms with Crippen LogP contribution in [0.25, 0.3) is 0 Å². The van der Waals surface area contributed by atoms with Crippen molar-refractivity contribution in [1.29, 1.82) is 0 Å². The number of aryl methyl sites for hydroxylation is 1. The number of nitrogens with zero attached hydrogens (tertiary/aromatic N) is 6. The van der Waals surface area contributed by atoms with Crippen molar-refractivity contribution in [1.82, 2.24) is 24.9 Å². The number of hydrogen-bond acceptors (Lipinski definition) is 6. The number of rotatable bonds is 4. The van der Waals surface area contributed by atoms with Crippen LogP contribution in [0.2, 0.25) is 0 Å². The van der Waals surface area contributed by atoms with Crippen LogP contribution in [0.4, 0.5) is 5.82 Å². The van der Waals surface area contributed by atoms with Crippen molar-refractivity contribution >= 4 is 5.82 Å². The van der Waals surface area contributed by atoms with Gasteiger partial charge in [0, 0.05) is 44.2 Å². The smallest absolute Gasteiger partial charge is 0.266 e. The molecule has 0 bridgehead atoms. The largest absolute Gasteiger partial charge is 0.352 e. The van der Waals surface area contributed by atoms with E-state index >= 15 is 0 Å². The van der Waals surface area contributed by atoms with Gasteiger partial charge in [-0.1, -0.05) is 20.8 Å². The standard InChI is InChI=1S/C18H26N6O/c1-18(2,3)15-7-8-16(20-19-15)24-11-14(12-24)22(4)10-13-6-9-17(25)23(5)21-13/h6-9,14H,10-12H2,1-5H3. The molecule has 7 heteroatoms. The summed E-state index contributed by atoms with van der Waals surface area (Å²) >= 11 is 0. The first-order valence-electron chi connectivity index (χ1n) is 8.56. The van der Waals surface area contributed by atoms with Gasteiger partial charge in [0.2, 0.25) is 0 Å². The molecule has 3 heterocycles. The molecule has 3 rings (SSSR count). The minimum atomic E-state index is -0.0847. The molecular formula is C18H26N6O. The summed E-state index contributed by atoms with van der Waals surface area (Å²) in [6, 6.07) is 7.93. The molecule has 7 nitrogen and oxygen atoms in total. The second kappa shape index (κ2) is 6.55. The lowest BCUT2D eigenvalue weighted by molar-refractivity contribution is 0.193. The predicted molar refractivity (Wildman–Crippen MR) is 97.7 cm³/mol. The van der Waals surface area contributed by atoms with E-state index in [1.807, 2.05) is 0 Å². The van der Waals surface area contributed by atoms with E-state index in [0.29, 0.717) is 6.04 Å². The maximum atomic E-state index is 11.4. The van der Waals surface area contributed by atoms with Crippen LogP contribution >= 0.6 is 0 Å². The second-order valence-corrected chi connectivity index (χ2v) is 7.79. The summed E-state index contributed by atoms with van der Waals surface area (Å²) in [7, 11) is 3.76. The topological polar surface area (TPSA) is 67.2 Å². The van der Waals surface area contributed by atoms with Gasteiger partial charge in [0.05, 0.1) is 11.4 Å². The molecule has 25 heavy (non-hydrogen) atoms. The summed E-state index contributed by atoms with van der Waals surface area (Å²) in [5.41, 5.74) is 1.84. The van der Waals surface area contributed by atoms with Crippen molar-refractivity contribution < 1.29 is 0 Å². The van der Waals surface area contributed by atoms with Gasteiger partial charge in [-0.2, -0.15) is 10.2 Å². The molecule has 0 amide bonds. The van der Waals surface area contributed by atoms with Crippen LogP contribution in [-0.4, -0.2) is 51.1 Å². The summed E-state index contributed by atoms with van der Waals surface area (Å²) in [5.74, 6) is 0.929. The van der Waals surface area contributed by atoms with Crippen molar-refractivity contribution in [3.05, 3.63) is 46.0 Å². The maximum Gasteiger partial charge on any atom is 0.266 e. The lowest BCUT2D eigenvalue weighted by Gasteiger charge is -2.44. The molecule has 0 spiro atoms. The molecule has 0 aliphatic carbocycles. The van der Waals surface area contributed by atoms with Gasteiger partial charge >= 0.3 is 0 Å². The van der Waals surface area contributed by atoms with Gasteiger partial charge in [-0.3, -0.25) is 9.69 Å². The highest BCUT2D eigenvalue weighted by Gasteiger charge is 2.31. The first-order valence-corrected chi connectivity index (χ1v) is 8.56. The van der Waals surface area contributed by atoms with E-state index < -0.39 is 0 Å². The molecule has 1 aliphatic heterocycles. The molecular weight excluding hydrogens is 316 g/mol. The van der Waals surface area contributed by atoms with E-state index in [1.165, 1.54) is 4.68 Å². The van der Waals surface area contributed by atoms with E-state index in [1.54, 1.807) is 19.2 Å². The fourth-order valence-corrected chi connectivity index (χ4v) is 2.83. The molecule has 2 aromatic rings. The Labute approximate surface area is 148 Å². The molecule has 1 fully saturated rings. The minimum absolute atomic E-state index is 0.0199. The lowest BCUT2D eigenvalue weighted by atomic mass is 9.92. The zero-order valence-corrected chi connectivity index (χ0v) is 15.6. The van der Waals surface area contributed by atoms with Gasteiger partial charge < -0.3 is 4.90 Å². The predicted octanol–water partition coefficient (Wildman–Crippen LogP) is 1.19. The van der Waals surface area contributed by atoms with Gasteiger partial charge in [0.25, 0.3) is 5.56 Å². The number of anilines is 1. The monoisotopic (exact) mass is 342 g/mol. The van der Waals surface area contributed by atoms with Crippen LogP contribution in [0.1, 0.15) is 32.2 Å². The van der Waals surface area contributed by atoms with Gasteiger partial charge in [0.1, 0.15) is 0 Å². The summed E-state index contributed by atoms with van der Waals surface area (Å²) in [5, 5.41) is 13.0. The molecule has 2 aromatic heterocycles. The van der Waals surface area contributed by atoms with E-state index in [4.69, 9.17) is 0 Å². The highest BCUT2D eigenvalue weighted by Crippen LogP contribution is 2.24. The number of hydrogen-bond donors (Lipinski definition) is 0. The van der Waals surface area contributed by atoms with Crippen LogP contribution in [0.5, 0.6) is 0 Å². The Hall–Kier alpha value is -2.28. The summed E-state index contributed by atoms with van der Waals surface area (Å²) in [6.45, 7) is 8.98. The Morgan fingerprint density at radius 2 is 1.88 bits per heavy atom. The average Bonchev–Trinajstić information content (AvgIpc) is 2.49. The molecule has 134 valence electrons. The molecule has 1 aliphatic rings. The van der Waals surface area contributed by atoms with Crippen molar-refractivity contribution in [2.24, 2.45) is 7.05 Å². The molecule has 0 unspecified atom stereocenters. The Balaban J connectivity index is 1.56. The van der Waals surface area contributed by atoms with Crippen molar-refractivity contribution in [2.75, 3.05) is 25.0 Å². The Morgan fingerprint density at radius 3 is 2.44 bits per heavy atom. The van der Waals surface area contributed by atoms with Crippen LogP contribution < -0.4 is 10.5 Å². The molecule has 0 radical (unpaired) electrons. The zero-order valence-electron chi connectivity index (χ0n) is 15.6. The third-order valence-corrected chi connectivity index (χ3v) is 4.66. The SMILES string of the molecule is CN(Cc1ccc(=O)n(C)n1)C1CN(c2ccc(C(C)(C)C)nn2)C1. The molecule has 1 saturated heterocycles. The van der Waals surface area contributed by atoms with Crippen LogP contribution in [0.15, 0.2) is 29.1 Å². The normalized spacial score (nSPS) is 15.5. The quantitative estimate of drug-likeness (QED) is 0.831. The van der Waals surface area contributed by atoms with Gasteiger partial charge in [-0.25, -0.2) is 4.68 Å². The van der Waals surface area contributed by atoms with Crippen LogP contribution in [0.3, 0.4) is 0 Å². The van der Waals surface area contributed by atoms with Gasteiger partial charge in [-0.05, 0) is 25.2 Å². The molecule has 0 saturated carbocycles. The third-order valence-electron chi connectivity index (χ3n) is 4.66. The van der Waals surface area contributed by atoms with Crippen LogP contribution in [-0.2, 0) is 19.0 Å². The average molecular weight is 342 g/mol. The summed E-state index contributed by atoms with van der Waals surface area (Å²) < 4.78 is 1.38. The van der Waals surface area contributed by atoms with Crippen molar-refractivity contribution in [3.63, 3.8) is 0 Å². The Kier molecular flexibility index (Phi) is 4.60. The first-order chi connectivity index (χ1) is 11.7. The zero-order chi connectivity index (χ0) is 18.2. The van der Waals surface area contributed by atoms with E-state index in [-0.39, 0.29) is 11.0 Å². The van der Waals surface area contributed by atoms with Crippen molar-refractivity contribution in [2.45, 2.75) is 38.8 Å². The van der Waals surface area contributed by atoms with Gasteiger partial charge in [-0.15, -0.1) is 5.10 Å². The van der Waals surface area contributed by atoms with E-state index in [0.717, 1.165) is 36.8 Å². The highest BCUT2D eigenvalue weighted by molar-refractivity contribution is 5.42. The fourth-order valence-electron chi connectivity index (χ4n) is 2.83. The second-order valence-electron chi connectivity index (χ2n) is 7.79. The lowest BCUT2D eigenvalue weighted by Crippen LogP contribution is -2.58. The third kappa shape index (κ3) is 3.87. The minimum Gasteiger partial charge on any atom is -0.352 e.